The number of allylic oxidation sites excluding steroid dienone is 3. The summed E-state index contributed by atoms with van der Waals surface area (Å²) in [6.07, 6.45) is 20.5. The van der Waals surface area contributed by atoms with Crippen molar-refractivity contribution >= 4 is 0 Å². The maximum atomic E-state index is 11.3. The SMILES string of the molecule is C/C1=C(/CNCCN(CCNCc2ccccn2)CC2C=CC(CN3CCC(O)(c4ccc(C)cc4)CC3)CC2)CC/C=C\CC1. The summed E-state index contributed by atoms with van der Waals surface area (Å²) >= 11 is 0. The molecule has 3 aliphatic rings. The molecule has 2 atom stereocenters. The monoisotopic (exact) mass is 625 g/mol. The molecule has 1 aromatic carbocycles. The zero-order valence-electron chi connectivity index (χ0n) is 28.6. The molecule has 0 bridgehead atoms. The summed E-state index contributed by atoms with van der Waals surface area (Å²) in [7, 11) is 0. The largest absolute Gasteiger partial charge is 0.385 e. The lowest BCUT2D eigenvalue weighted by Crippen LogP contribution is -2.44. The molecular formula is C40H59N5O. The van der Waals surface area contributed by atoms with Crippen LogP contribution in [0.2, 0.25) is 0 Å². The van der Waals surface area contributed by atoms with Gasteiger partial charge < -0.3 is 25.5 Å². The minimum absolute atomic E-state index is 0.613. The highest BCUT2D eigenvalue weighted by Gasteiger charge is 2.34. The summed E-state index contributed by atoms with van der Waals surface area (Å²) < 4.78 is 0. The topological polar surface area (TPSA) is 63.7 Å². The number of rotatable bonds is 15. The Balaban J connectivity index is 1.07. The van der Waals surface area contributed by atoms with E-state index in [1.165, 1.54) is 44.1 Å². The van der Waals surface area contributed by atoms with E-state index in [1.807, 2.05) is 12.3 Å². The lowest BCUT2D eigenvalue weighted by molar-refractivity contribution is -0.0281. The molecule has 0 amide bonds. The van der Waals surface area contributed by atoms with Crippen LogP contribution in [0.3, 0.4) is 0 Å². The number of piperidine rings is 1. The first-order chi connectivity index (χ1) is 22.5. The number of hydrogen-bond acceptors (Lipinski definition) is 6. The van der Waals surface area contributed by atoms with Crippen molar-refractivity contribution in [3.8, 4) is 0 Å². The van der Waals surface area contributed by atoms with Crippen LogP contribution < -0.4 is 10.6 Å². The van der Waals surface area contributed by atoms with Crippen molar-refractivity contribution in [2.75, 3.05) is 58.9 Å². The number of nitrogens with one attached hydrogen (secondary N) is 2. The van der Waals surface area contributed by atoms with Gasteiger partial charge in [0.15, 0.2) is 0 Å². The van der Waals surface area contributed by atoms with Crippen LogP contribution in [-0.4, -0.2) is 78.8 Å². The fourth-order valence-electron chi connectivity index (χ4n) is 7.31. The summed E-state index contributed by atoms with van der Waals surface area (Å²) in [4.78, 5) is 9.70. The molecule has 5 rings (SSSR count). The fourth-order valence-corrected chi connectivity index (χ4v) is 7.31. The molecule has 1 saturated heterocycles. The van der Waals surface area contributed by atoms with Gasteiger partial charge in [0.1, 0.15) is 0 Å². The first kappa shape index (κ1) is 34.7. The van der Waals surface area contributed by atoms with Gasteiger partial charge in [-0.1, -0.05) is 71.3 Å². The number of aryl methyl sites for hydroxylation is 1. The molecule has 1 aliphatic heterocycles. The van der Waals surface area contributed by atoms with E-state index in [1.54, 1.807) is 11.1 Å². The maximum absolute atomic E-state index is 11.3. The molecule has 2 heterocycles. The van der Waals surface area contributed by atoms with E-state index in [4.69, 9.17) is 0 Å². The van der Waals surface area contributed by atoms with E-state index < -0.39 is 5.60 Å². The number of hydrogen-bond donors (Lipinski definition) is 3. The zero-order chi connectivity index (χ0) is 32.0. The number of aromatic nitrogens is 1. The van der Waals surface area contributed by atoms with Crippen LogP contribution in [0.4, 0.5) is 0 Å². The van der Waals surface area contributed by atoms with Gasteiger partial charge in [0.05, 0.1) is 11.3 Å². The minimum atomic E-state index is -0.676. The first-order valence-electron chi connectivity index (χ1n) is 18.0. The Kier molecular flexibility index (Phi) is 13.6. The Morgan fingerprint density at radius 1 is 0.870 bits per heavy atom. The van der Waals surface area contributed by atoms with Crippen LogP contribution in [0.5, 0.6) is 0 Å². The molecule has 1 aromatic heterocycles. The van der Waals surface area contributed by atoms with Gasteiger partial charge in [-0.3, -0.25) is 4.98 Å². The molecule has 6 heteroatoms. The first-order valence-corrected chi connectivity index (χ1v) is 18.0. The molecule has 0 saturated carbocycles. The fraction of sp³-hybridized carbons (Fsp3) is 0.575. The number of nitrogens with zero attached hydrogens (tertiary/aromatic N) is 3. The average molecular weight is 626 g/mol. The summed E-state index contributed by atoms with van der Waals surface area (Å²) in [5.74, 6) is 1.23. The third-order valence-electron chi connectivity index (χ3n) is 10.5. The third kappa shape index (κ3) is 11.0. The Morgan fingerprint density at radius 3 is 2.26 bits per heavy atom. The Bertz CT molecular complexity index is 1260. The van der Waals surface area contributed by atoms with Crippen LogP contribution in [0, 0.1) is 18.8 Å². The van der Waals surface area contributed by atoms with E-state index in [0.717, 1.165) is 89.5 Å². The molecule has 2 unspecified atom stereocenters. The molecule has 2 aliphatic carbocycles. The summed E-state index contributed by atoms with van der Waals surface area (Å²) in [6, 6.07) is 14.6. The molecule has 1 fully saturated rings. The molecule has 250 valence electrons. The van der Waals surface area contributed by atoms with E-state index in [-0.39, 0.29) is 0 Å². The Labute approximate surface area is 279 Å². The highest BCUT2D eigenvalue weighted by molar-refractivity contribution is 5.27. The van der Waals surface area contributed by atoms with Gasteiger partial charge in [0, 0.05) is 71.6 Å². The predicted molar refractivity (Wildman–Crippen MR) is 192 cm³/mol. The number of likely N-dealkylation sites (tertiary alicyclic amines) is 1. The van der Waals surface area contributed by atoms with E-state index in [2.05, 4.69) is 100.0 Å². The quantitative estimate of drug-likeness (QED) is 0.158. The minimum Gasteiger partial charge on any atom is -0.385 e. The molecule has 46 heavy (non-hydrogen) atoms. The molecule has 0 radical (unpaired) electrons. The average Bonchev–Trinajstić information content (AvgIpc) is 3.07. The normalized spacial score (nSPS) is 24.5. The van der Waals surface area contributed by atoms with Gasteiger partial charge in [-0.05, 0) is 94.7 Å². The second kappa shape index (κ2) is 18.1. The summed E-state index contributed by atoms with van der Waals surface area (Å²) in [5, 5.41) is 18.7. The van der Waals surface area contributed by atoms with Gasteiger partial charge in [-0.2, -0.15) is 0 Å². The molecule has 2 aromatic rings. The van der Waals surface area contributed by atoms with Crippen LogP contribution in [0.1, 0.15) is 75.1 Å². The van der Waals surface area contributed by atoms with Crippen LogP contribution >= 0.6 is 0 Å². The summed E-state index contributed by atoms with van der Waals surface area (Å²) in [5.41, 5.74) is 5.95. The van der Waals surface area contributed by atoms with E-state index >= 15 is 0 Å². The Morgan fingerprint density at radius 2 is 1.57 bits per heavy atom. The van der Waals surface area contributed by atoms with Crippen LogP contribution in [0.15, 0.2) is 84.1 Å². The molecular weight excluding hydrogens is 566 g/mol. The van der Waals surface area contributed by atoms with E-state index in [0.29, 0.717) is 11.8 Å². The van der Waals surface area contributed by atoms with Crippen molar-refractivity contribution in [2.45, 2.75) is 77.4 Å². The third-order valence-corrected chi connectivity index (χ3v) is 10.5. The van der Waals surface area contributed by atoms with Crippen molar-refractivity contribution < 1.29 is 5.11 Å². The van der Waals surface area contributed by atoms with Gasteiger partial charge in [0.2, 0.25) is 0 Å². The predicted octanol–water partition coefficient (Wildman–Crippen LogP) is 6.38. The van der Waals surface area contributed by atoms with Crippen LogP contribution in [0.25, 0.3) is 0 Å². The molecule has 3 N–H and O–H groups in total. The number of benzene rings is 1. The second-order valence-electron chi connectivity index (χ2n) is 14.1. The molecule has 6 nitrogen and oxygen atoms in total. The number of pyridine rings is 1. The van der Waals surface area contributed by atoms with Gasteiger partial charge in [-0.25, -0.2) is 0 Å². The molecule has 0 spiro atoms. The lowest BCUT2D eigenvalue weighted by Gasteiger charge is -2.40. The number of aliphatic hydroxyl groups is 1. The smallest absolute Gasteiger partial charge is 0.0920 e. The van der Waals surface area contributed by atoms with Gasteiger partial charge in [0.25, 0.3) is 0 Å². The summed E-state index contributed by atoms with van der Waals surface area (Å²) in [6.45, 7) is 14.6. The highest BCUT2D eigenvalue weighted by atomic mass is 16.3. The Hall–Kier alpha value is -2.61. The lowest BCUT2D eigenvalue weighted by atomic mass is 9.83. The highest BCUT2D eigenvalue weighted by Crippen LogP contribution is 2.34. The van der Waals surface area contributed by atoms with Crippen molar-refractivity contribution in [1.29, 1.82) is 0 Å². The zero-order valence-corrected chi connectivity index (χ0v) is 28.6. The van der Waals surface area contributed by atoms with Gasteiger partial charge in [-0.15, -0.1) is 0 Å². The van der Waals surface area contributed by atoms with Crippen molar-refractivity contribution in [1.82, 2.24) is 25.4 Å². The van der Waals surface area contributed by atoms with E-state index in [9.17, 15) is 5.11 Å². The standard InChI is InChI=1S/C40H59N5O/c1-33-12-18-38(19-13-33)40(46)20-25-44(26-21-40)31-35-14-16-36(17-15-35)32-45(28-24-42-30-39-11-7-8-22-43-39)27-23-41-29-37-10-6-4-3-5-9-34(37)2/h3-4,7-8,11-14,16,18-19,22,35-36,41-42,46H,5-6,9-10,15,17,20-21,23-32H2,1-2H3/b4-3-,37-34-. The maximum Gasteiger partial charge on any atom is 0.0920 e. The van der Waals surface area contributed by atoms with Crippen LogP contribution in [-0.2, 0) is 12.1 Å². The second-order valence-corrected chi connectivity index (χ2v) is 14.1. The van der Waals surface area contributed by atoms with Crippen molar-refractivity contribution in [2.24, 2.45) is 11.8 Å². The van der Waals surface area contributed by atoms with Gasteiger partial charge >= 0.3 is 0 Å². The van der Waals surface area contributed by atoms with Crippen molar-refractivity contribution in [3.63, 3.8) is 0 Å². The van der Waals surface area contributed by atoms with Crippen molar-refractivity contribution in [3.05, 3.63) is 101 Å².